The normalized spacial score (nSPS) is 14.8. The molecule has 3 rings (SSSR count). The van der Waals surface area contributed by atoms with Crippen molar-refractivity contribution >= 4 is 5.91 Å². The number of likely N-dealkylation sites (tertiary alicyclic amines) is 1. The maximum atomic E-state index is 12.5. The number of ether oxygens (including phenoxy) is 2. The standard InChI is InChI=1S/C22H31N3O4/c1-3-8-20-23-21(29-24-20)11-7-12-22(26)25-15-13-17(14-16-25)28-19-10-6-5-9-18(19)27-4-2/h5-6,9-10,17H,3-4,7-8,11-16H2,1-2H3. The van der Waals surface area contributed by atoms with Gasteiger partial charge in [0, 0.05) is 45.2 Å². The summed E-state index contributed by atoms with van der Waals surface area (Å²) in [6.45, 7) is 6.10. The van der Waals surface area contributed by atoms with Crippen LogP contribution in [0.4, 0.5) is 0 Å². The van der Waals surface area contributed by atoms with Gasteiger partial charge in [-0.1, -0.05) is 24.2 Å². The molecule has 0 bridgehead atoms. The number of hydrogen-bond acceptors (Lipinski definition) is 6. The first-order valence-electron chi connectivity index (χ1n) is 10.7. The van der Waals surface area contributed by atoms with E-state index in [1.807, 2.05) is 36.1 Å². The molecule has 158 valence electrons. The Morgan fingerprint density at radius 2 is 1.93 bits per heavy atom. The monoisotopic (exact) mass is 401 g/mol. The third kappa shape index (κ3) is 6.21. The molecule has 1 aromatic heterocycles. The molecule has 7 heteroatoms. The molecule has 0 aliphatic carbocycles. The van der Waals surface area contributed by atoms with E-state index in [9.17, 15) is 4.79 Å². The topological polar surface area (TPSA) is 77.7 Å². The fourth-order valence-corrected chi connectivity index (χ4v) is 3.49. The maximum Gasteiger partial charge on any atom is 0.226 e. The van der Waals surface area contributed by atoms with E-state index in [0.717, 1.165) is 62.5 Å². The average Bonchev–Trinajstić information content (AvgIpc) is 3.18. The predicted octanol–water partition coefficient (Wildman–Crippen LogP) is 3.81. The Labute approximate surface area is 172 Å². The lowest BCUT2D eigenvalue weighted by Crippen LogP contribution is -2.41. The van der Waals surface area contributed by atoms with Crippen molar-refractivity contribution in [3.05, 3.63) is 36.0 Å². The zero-order valence-electron chi connectivity index (χ0n) is 17.4. The second-order valence-electron chi connectivity index (χ2n) is 7.29. The van der Waals surface area contributed by atoms with Crippen LogP contribution in [-0.4, -0.2) is 46.7 Å². The number of para-hydroxylation sites is 2. The quantitative estimate of drug-likeness (QED) is 0.602. The summed E-state index contributed by atoms with van der Waals surface area (Å²) in [7, 11) is 0. The molecule has 0 N–H and O–H groups in total. The van der Waals surface area contributed by atoms with E-state index in [2.05, 4.69) is 17.1 Å². The van der Waals surface area contributed by atoms with E-state index in [1.165, 1.54) is 0 Å². The van der Waals surface area contributed by atoms with Gasteiger partial charge in [-0.3, -0.25) is 4.79 Å². The summed E-state index contributed by atoms with van der Waals surface area (Å²) in [5.41, 5.74) is 0. The molecule has 0 atom stereocenters. The number of amides is 1. The molecule has 0 spiro atoms. The Morgan fingerprint density at radius 1 is 1.17 bits per heavy atom. The van der Waals surface area contributed by atoms with Gasteiger partial charge in [0.15, 0.2) is 17.3 Å². The molecular weight excluding hydrogens is 370 g/mol. The Morgan fingerprint density at radius 3 is 2.66 bits per heavy atom. The van der Waals surface area contributed by atoms with E-state index >= 15 is 0 Å². The van der Waals surface area contributed by atoms with Gasteiger partial charge in [0.2, 0.25) is 11.8 Å². The fourth-order valence-electron chi connectivity index (χ4n) is 3.49. The van der Waals surface area contributed by atoms with Crippen molar-refractivity contribution in [3.63, 3.8) is 0 Å². The molecule has 1 aliphatic heterocycles. The van der Waals surface area contributed by atoms with Crippen molar-refractivity contribution in [3.8, 4) is 11.5 Å². The largest absolute Gasteiger partial charge is 0.490 e. The number of rotatable bonds is 10. The number of carbonyl (C=O) groups is 1. The van der Waals surface area contributed by atoms with Crippen LogP contribution in [0.15, 0.2) is 28.8 Å². The van der Waals surface area contributed by atoms with E-state index in [1.54, 1.807) is 0 Å². The van der Waals surface area contributed by atoms with Crippen LogP contribution in [0.5, 0.6) is 11.5 Å². The molecule has 0 radical (unpaired) electrons. The number of hydrogen-bond donors (Lipinski definition) is 0. The minimum absolute atomic E-state index is 0.107. The fraction of sp³-hybridized carbons (Fsp3) is 0.591. The third-order valence-corrected chi connectivity index (χ3v) is 5.00. The first kappa shape index (κ1) is 21.1. The highest BCUT2D eigenvalue weighted by atomic mass is 16.5. The van der Waals surface area contributed by atoms with Gasteiger partial charge in [0.05, 0.1) is 6.61 Å². The van der Waals surface area contributed by atoms with Gasteiger partial charge in [-0.05, 0) is 31.9 Å². The van der Waals surface area contributed by atoms with E-state index in [0.29, 0.717) is 25.3 Å². The molecule has 2 heterocycles. The summed E-state index contributed by atoms with van der Waals surface area (Å²) < 4.78 is 17.0. The van der Waals surface area contributed by atoms with Crippen LogP contribution >= 0.6 is 0 Å². The first-order chi connectivity index (χ1) is 14.2. The lowest BCUT2D eigenvalue weighted by Gasteiger charge is -2.32. The molecule has 1 fully saturated rings. The summed E-state index contributed by atoms with van der Waals surface area (Å²) >= 11 is 0. The molecule has 1 amide bonds. The van der Waals surface area contributed by atoms with E-state index in [4.69, 9.17) is 14.0 Å². The smallest absolute Gasteiger partial charge is 0.226 e. The zero-order chi connectivity index (χ0) is 20.5. The third-order valence-electron chi connectivity index (χ3n) is 5.00. The SMILES string of the molecule is CCCc1noc(CCCC(=O)N2CCC(Oc3ccccc3OCC)CC2)n1. The number of aromatic nitrogens is 2. The summed E-state index contributed by atoms with van der Waals surface area (Å²) in [4.78, 5) is 18.8. The summed E-state index contributed by atoms with van der Waals surface area (Å²) in [6, 6.07) is 7.75. The van der Waals surface area contributed by atoms with Crippen molar-refractivity contribution in [2.75, 3.05) is 19.7 Å². The number of piperidine rings is 1. The molecule has 0 unspecified atom stereocenters. The van der Waals surface area contributed by atoms with Crippen LogP contribution in [0.2, 0.25) is 0 Å². The van der Waals surface area contributed by atoms with Crippen LogP contribution in [-0.2, 0) is 17.6 Å². The van der Waals surface area contributed by atoms with Gasteiger partial charge in [-0.25, -0.2) is 0 Å². The molecule has 29 heavy (non-hydrogen) atoms. The number of carbonyl (C=O) groups excluding carboxylic acids is 1. The Hall–Kier alpha value is -2.57. The second kappa shape index (κ2) is 10.8. The van der Waals surface area contributed by atoms with Gasteiger partial charge < -0.3 is 18.9 Å². The summed E-state index contributed by atoms with van der Waals surface area (Å²) in [5.74, 6) is 3.12. The summed E-state index contributed by atoms with van der Waals surface area (Å²) in [5, 5.41) is 3.95. The van der Waals surface area contributed by atoms with Crippen molar-refractivity contribution in [1.82, 2.24) is 15.0 Å². The van der Waals surface area contributed by atoms with Crippen LogP contribution in [0.3, 0.4) is 0 Å². The number of benzene rings is 1. The molecule has 1 saturated heterocycles. The van der Waals surface area contributed by atoms with Crippen LogP contribution in [0.25, 0.3) is 0 Å². The van der Waals surface area contributed by atoms with Crippen LogP contribution < -0.4 is 9.47 Å². The highest BCUT2D eigenvalue weighted by Gasteiger charge is 2.24. The molecule has 7 nitrogen and oxygen atoms in total. The molecule has 2 aromatic rings. The number of aryl methyl sites for hydroxylation is 2. The summed E-state index contributed by atoms with van der Waals surface area (Å²) in [6.07, 6.45) is 5.47. The molecule has 1 aromatic carbocycles. The molecule has 1 aliphatic rings. The van der Waals surface area contributed by atoms with E-state index in [-0.39, 0.29) is 12.0 Å². The lowest BCUT2D eigenvalue weighted by molar-refractivity contribution is -0.133. The van der Waals surface area contributed by atoms with Gasteiger partial charge in [-0.15, -0.1) is 0 Å². The van der Waals surface area contributed by atoms with Crippen molar-refractivity contribution in [1.29, 1.82) is 0 Å². The Bertz CT molecular complexity index is 769. The average molecular weight is 402 g/mol. The van der Waals surface area contributed by atoms with Crippen LogP contribution in [0, 0.1) is 0 Å². The minimum atomic E-state index is 0.107. The Balaban J connectivity index is 1.39. The van der Waals surface area contributed by atoms with E-state index < -0.39 is 0 Å². The zero-order valence-corrected chi connectivity index (χ0v) is 17.4. The van der Waals surface area contributed by atoms with Crippen molar-refractivity contribution in [2.45, 2.75) is 64.9 Å². The van der Waals surface area contributed by atoms with Crippen molar-refractivity contribution in [2.24, 2.45) is 0 Å². The van der Waals surface area contributed by atoms with Crippen LogP contribution in [0.1, 0.15) is 57.7 Å². The molecule has 0 saturated carbocycles. The van der Waals surface area contributed by atoms with Gasteiger partial charge in [-0.2, -0.15) is 4.98 Å². The highest BCUT2D eigenvalue weighted by Crippen LogP contribution is 2.29. The predicted molar refractivity (Wildman–Crippen MR) is 109 cm³/mol. The highest BCUT2D eigenvalue weighted by molar-refractivity contribution is 5.76. The van der Waals surface area contributed by atoms with Gasteiger partial charge in [0.1, 0.15) is 6.10 Å². The van der Waals surface area contributed by atoms with Gasteiger partial charge in [0.25, 0.3) is 0 Å². The lowest BCUT2D eigenvalue weighted by atomic mass is 10.1. The number of nitrogens with zero attached hydrogens (tertiary/aromatic N) is 3. The van der Waals surface area contributed by atoms with Gasteiger partial charge >= 0.3 is 0 Å². The van der Waals surface area contributed by atoms with Crippen molar-refractivity contribution < 1.29 is 18.8 Å². The maximum absolute atomic E-state index is 12.5. The molecular formula is C22H31N3O4. The first-order valence-corrected chi connectivity index (χ1v) is 10.7. The Kier molecular flexibility index (Phi) is 7.90. The minimum Gasteiger partial charge on any atom is -0.490 e. The second-order valence-corrected chi connectivity index (χ2v) is 7.29.